The van der Waals surface area contributed by atoms with Crippen LogP contribution in [0.5, 0.6) is 0 Å². The SMILES string of the molecule is CC(C)C(=O)N1CCC[C@](C)(c2ncc(Cc3ccccc3)o2)C1. The van der Waals surface area contributed by atoms with E-state index in [4.69, 9.17) is 4.42 Å². The molecule has 1 atom stereocenters. The second-order valence-corrected chi connectivity index (χ2v) is 7.37. The molecule has 0 bridgehead atoms. The minimum atomic E-state index is -0.197. The first-order valence-corrected chi connectivity index (χ1v) is 8.76. The van der Waals surface area contributed by atoms with E-state index in [0.29, 0.717) is 6.54 Å². The summed E-state index contributed by atoms with van der Waals surface area (Å²) in [5.41, 5.74) is 1.02. The summed E-state index contributed by atoms with van der Waals surface area (Å²) in [7, 11) is 0. The van der Waals surface area contributed by atoms with E-state index in [1.165, 1.54) is 5.56 Å². The lowest BCUT2D eigenvalue weighted by atomic mass is 9.81. The first-order chi connectivity index (χ1) is 11.5. The third kappa shape index (κ3) is 3.53. The van der Waals surface area contributed by atoms with Gasteiger partial charge in [0.1, 0.15) is 5.76 Å². The molecule has 2 heterocycles. The number of aromatic nitrogens is 1. The van der Waals surface area contributed by atoms with E-state index in [-0.39, 0.29) is 17.2 Å². The molecular formula is C20H26N2O2. The van der Waals surface area contributed by atoms with Gasteiger partial charge in [-0.05, 0) is 25.3 Å². The first kappa shape index (κ1) is 16.7. The molecule has 1 aromatic heterocycles. The Balaban J connectivity index is 1.74. The van der Waals surface area contributed by atoms with Crippen molar-refractivity contribution < 1.29 is 9.21 Å². The highest BCUT2D eigenvalue weighted by molar-refractivity contribution is 5.78. The zero-order chi connectivity index (χ0) is 17.2. The van der Waals surface area contributed by atoms with Gasteiger partial charge in [-0.15, -0.1) is 0 Å². The number of piperidine rings is 1. The zero-order valence-electron chi connectivity index (χ0n) is 14.8. The van der Waals surface area contributed by atoms with Crippen LogP contribution in [-0.2, 0) is 16.6 Å². The Morgan fingerprint density at radius 3 is 2.79 bits per heavy atom. The van der Waals surface area contributed by atoms with Crippen molar-refractivity contribution >= 4 is 5.91 Å². The lowest BCUT2D eigenvalue weighted by Gasteiger charge is -2.39. The molecule has 3 rings (SSSR count). The van der Waals surface area contributed by atoms with Crippen LogP contribution in [0.1, 0.15) is 50.8 Å². The van der Waals surface area contributed by atoms with E-state index >= 15 is 0 Å². The van der Waals surface area contributed by atoms with Gasteiger partial charge in [0.25, 0.3) is 0 Å². The van der Waals surface area contributed by atoms with Crippen molar-refractivity contribution in [3.05, 3.63) is 53.7 Å². The van der Waals surface area contributed by atoms with E-state index < -0.39 is 0 Å². The van der Waals surface area contributed by atoms with Crippen molar-refractivity contribution in [3.8, 4) is 0 Å². The van der Waals surface area contributed by atoms with Gasteiger partial charge in [0, 0.05) is 25.4 Å². The number of hydrogen-bond acceptors (Lipinski definition) is 3. The third-order valence-electron chi connectivity index (χ3n) is 4.79. The fraction of sp³-hybridized carbons (Fsp3) is 0.500. The van der Waals surface area contributed by atoms with Gasteiger partial charge in [-0.2, -0.15) is 0 Å². The van der Waals surface area contributed by atoms with E-state index in [0.717, 1.165) is 37.5 Å². The molecule has 1 aromatic carbocycles. The Morgan fingerprint density at radius 2 is 2.08 bits per heavy atom. The highest BCUT2D eigenvalue weighted by Gasteiger charge is 2.38. The molecule has 1 amide bonds. The fourth-order valence-electron chi connectivity index (χ4n) is 3.43. The molecule has 0 spiro atoms. The topological polar surface area (TPSA) is 46.3 Å². The average Bonchev–Trinajstić information content (AvgIpc) is 3.04. The van der Waals surface area contributed by atoms with Gasteiger partial charge in [0.2, 0.25) is 11.8 Å². The van der Waals surface area contributed by atoms with Crippen LogP contribution in [0, 0.1) is 5.92 Å². The number of carbonyl (C=O) groups is 1. The number of benzene rings is 1. The molecule has 0 unspecified atom stereocenters. The van der Waals surface area contributed by atoms with E-state index in [1.807, 2.05) is 43.1 Å². The molecule has 128 valence electrons. The second kappa shape index (κ2) is 6.80. The molecule has 0 aliphatic carbocycles. The van der Waals surface area contributed by atoms with Crippen molar-refractivity contribution in [1.82, 2.24) is 9.88 Å². The lowest BCUT2D eigenvalue weighted by molar-refractivity contribution is -0.136. The number of amides is 1. The summed E-state index contributed by atoms with van der Waals surface area (Å²) in [5.74, 6) is 1.89. The molecule has 1 aliphatic heterocycles. The number of nitrogens with zero attached hydrogens (tertiary/aromatic N) is 2. The first-order valence-electron chi connectivity index (χ1n) is 8.76. The monoisotopic (exact) mass is 326 g/mol. The van der Waals surface area contributed by atoms with Crippen molar-refractivity contribution in [2.75, 3.05) is 13.1 Å². The summed E-state index contributed by atoms with van der Waals surface area (Å²) in [6.45, 7) is 7.60. The Kier molecular flexibility index (Phi) is 4.74. The van der Waals surface area contributed by atoms with Crippen LogP contribution in [0.3, 0.4) is 0 Å². The molecule has 4 nitrogen and oxygen atoms in total. The fourth-order valence-corrected chi connectivity index (χ4v) is 3.43. The number of rotatable bonds is 4. The number of carbonyl (C=O) groups excluding carboxylic acids is 1. The van der Waals surface area contributed by atoms with E-state index in [1.54, 1.807) is 0 Å². The van der Waals surface area contributed by atoms with Crippen LogP contribution in [0.4, 0.5) is 0 Å². The summed E-state index contributed by atoms with van der Waals surface area (Å²) in [5, 5.41) is 0. The van der Waals surface area contributed by atoms with Gasteiger partial charge in [-0.3, -0.25) is 4.79 Å². The van der Waals surface area contributed by atoms with Gasteiger partial charge >= 0.3 is 0 Å². The summed E-state index contributed by atoms with van der Waals surface area (Å²) in [6.07, 6.45) is 4.57. The van der Waals surface area contributed by atoms with Crippen LogP contribution in [0.25, 0.3) is 0 Å². The number of hydrogen-bond donors (Lipinski definition) is 0. The maximum Gasteiger partial charge on any atom is 0.225 e. The number of likely N-dealkylation sites (tertiary alicyclic amines) is 1. The minimum Gasteiger partial charge on any atom is -0.445 e. The predicted molar refractivity (Wildman–Crippen MR) is 93.8 cm³/mol. The Morgan fingerprint density at radius 1 is 1.33 bits per heavy atom. The van der Waals surface area contributed by atoms with Gasteiger partial charge in [0.05, 0.1) is 11.6 Å². The predicted octanol–water partition coefficient (Wildman–Crippen LogP) is 3.80. The standard InChI is InChI=1S/C20H26N2O2/c1-15(2)18(23)22-11-7-10-20(3,14-22)19-21-13-17(24-19)12-16-8-5-4-6-9-16/h4-6,8-9,13,15H,7,10-12,14H2,1-3H3/t20-/m0/s1. The molecule has 24 heavy (non-hydrogen) atoms. The highest BCUT2D eigenvalue weighted by atomic mass is 16.4. The Labute approximate surface area is 143 Å². The lowest BCUT2D eigenvalue weighted by Crippen LogP contribution is -2.48. The van der Waals surface area contributed by atoms with Gasteiger partial charge in [-0.1, -0.05) is 44.2 Å². The molecule has 1 fully saturated rings. The Bertz CT molecular complexity index is 693. The minimum absolute atomic E-state index is 0.0329. The quantitative estimate of drug-likeness (QED) is 0.858. The average molecular weight is 326 g/mol. The van der Waals surface area contributed by atoms with Crippen molar-refractivity contribution in [1.29, 1.82) is 0 Å². The van der Waals surface area contributed by atoms with Gasteiger partial charge in [-0.25, -0.2) is 4.98 Å². The highest BCUT2D eigenvalue weighted by Crippen LogP contribution is 2.34. The van der Waals surface area contributed by atoms with E-state index in [2.05, 4.69) is 24.0 Å². The summed E-state index contributed by atoms with van der Waals surface area (Å²) >= 11 is 0. The molecule has 2 aromatic rings. The molecule has 1 aliphatic rings. The molecule has 1 saturated heterocycles. The van der Waals surface area contributed by atoms with Crippen LogP contribution >= 0.6 is 0 Å². The van der Waals surface area contributed by atoms with Gasteiger partial charge < -0.3 is 9.32 Å². The third-order valence-corrected chi connectivity index (χ3v) is 4.79. The van der Waals surface area contributed by atoms with Crippen molar-refractivity contribution in [3.63, 3.8) is 0 Å². The zero-order valence-corrected chi connectivity index (χ0v) is 14.8. The van der Waals surface area contributed by atoms with Crippen LogP contribution in [0.15, 0.2) is 40.9 Å². The molecule has 0 N–H and O–H groups in total. The van der Waals surface area contributed by atoms with Crippen molar-refractivity contribution in [2.24, 2.45) is 5.92 Å². The summed E-state index contributed by atoms with van der Waals surface area (Å²) in [4.78, 5) is 18.8. The van der Waals surface area contributed by atoms with E-state index in [9.17, 15) is 4.79 Å². The van der Waals surface area contributed by atoms with Crippen LogP contribution in [-0.4, -0.2) is 28.9 Å². The Hall–Kier alpha value is -2.10. The summed E-state index contributed by atoms with van der Waals surface area (Å²) in [6, 6.07) is 10.3. The molecule has 4 heteroatoms. The molecular weight excluding hydrogens is 300 g/mol. The smallest absolute Gasteiger partial charge is 0.225 e. The number of oxazole rings is 1. The largest absolute Gasteiger partial charge is 0.445 e. The molecule has 0 radical (unpaired) electrons. The molecule has 0 saturated carbocycles. The normalized spacial score (nSPS) is 21.2. The van der Waals surface area contributed by atoms with Crippen LogP contribution in [0.2, 0.25) is 0 Å². The summed E-state index contributed by atoms with van der Waals surface area (Å²) < 4.78 is 6.07. The van der Waals surface area contributed by atoms with Crippen LogP contribution < -0.4 is 0 Å². The van der Waals surface area contributed by atoms with Gasteiger partial charge in [0.15, 0.2) is 0 Å². The van der Waals surface area contributed by atoms with Crippen molar-refractivity contribution in [2.45, 2.75) is 45.4 Å². The maximum absolute atomic E-state index is 12.3. The maximum atomic E-state index is 12.3. The second-order valence-electron chi connectivity index (χ2n) is 7.37.